The zero-order chi connectivity index (χ0) is 12.8. The van der Waals surface area contributed by atoms with Gasteiger partial charge in [-0.15, -0.1) is 0 Å². The number of rotatable bonds is 5. The topological polar surface area (TPSA) is 38.3 Å². The predicted molar refractivity (Wildman–Crippen MR) is 75.9 cm³/mol. The third-order valence-corrected chi connectivity index (χ3v) is 5.38. The van der Waals surface area contributed by atoms with Gasteiger partial charge in [-0.25, -0.2) is 0 Å². The van der Waals surface area contributed by atoms with Crippen molar-refractivity contribution in [1.29, 1.82) is 0 Å². The van der Waals surface area contributed by atoms with Crippen LogP contribution in [0.2, 0.25) is 0 Å². The van der Waals surface area contributed by atoms with Crippen LogP contribution < -0.4 is 5.32 Å². The molecule has 1 N–H and O–H groups in total. The lowest BCUT2D eigenvalue weighted by Gasteiger charge is -2.35. The summed E-state index contributed by atoms with van der Waals surface area (Å²) in [6, 6.07) is 0. The van der Waals surface area contributed by atoms with Gasteiger partial charge in [0.05, 0.1) is 5.60 Å². The fourth-order valence-corrected chi connectivity index (χ4v) is 4.24. The molecule has 0 bridgehead atoms. The van der Waals surface area contributed by atoms with Gasteiger partial charge in [0.2, 0.25) is 5.91 Å². The van der Waals surface area contributed by atoms with E-state index in [9.17, 15) is 4.79 Å². The Morgan fingerprint density at radius 2 is 2.00 bits per heavy atom. The molecule has 18 heavy (non-hydrogen) atoms. The van der Waals surface area contributed by atoms with E-state index in [0.717, 1.165) is 24.3 Å². The van der Waals surface area contributed by atoms with E-state index in [4.69, 9.17) is 4.74 Å². The number of carbonyl (C=O) groups is 1. The van der Waals surface area contributed by atoms with E-state index in [1.165, 1.54) is 25.7 Å². The van der Waals surface area contributed by atoms with E-state index < -0.39 is 0 Å². The Balaban J connectivity index is 1.73. The zero-order valence-corrected chi connectivity index (χ0v) is 12.2. The van der Waals surface area contributed by atoms with E-state index >= 15 is 0 Å². The lowest BCUT2D eigenvalue weighted by molar-refractivity contribution is -0.123. The van der Waals surface area contributed by atoms with Crippen LogP contribution >= 0.6 is 11.8 Å². The molecule has 0 spiro atoms. The molecule has 3 nitrogen and oxygen atoms in total. The Hall–Kier alpha value is -0.220. The number of methoxy groups -OCH3 is 1. The minimum Gasteiger partial charge on any atom is -0.376 e. The lowest BCUT2D eigenvalue weighted by atomic mass is 9.96. The van der Waals surface area contributed by atoms with Crippen LogP contribution in [0.5, 0.6) is 0 Å². The van der Waals surface area contributed by atoms with Gasteiger partial charge in [-0.2, -0.15) is 11.8 Å². The van der Waals surface area contributed by atoms with E-state index in [1.54, 1.807) is 7.11 Å². The van der Waals surface area contributed by atoms with Crippen LogP contribution in [0.4, 0.5) is 0 Å². The van der Waals surface area contributed by atoms with E-state index in [1.807, 2.05) is 11.8 Å². The molecule has 2 fully saturated rings. The predicted octanol–water partition coefficient (Wildman–Crippen LogP) is 2.60. The average Bonchev–Trinajstić information content (AvgIpc) is 2.90. The molecule has 1 amide bonds. The molecule has 1 aliphatic heterocycles. The zero-order valence-electron chi connectivity index (χ0n) is 11.4. The molecule has 1 saturated heterocycles. The van der Waals surface area contributed by atoms with Gasteiger partial charge in [0.25, 0.3) is 0 Å². The van der Waals surface area contributed by atoms with Crippen molar-refractivity contribution in [2.24, 2.45) is 5.92 Å². The van der Waals surface area contributed by atoms with Crippen molar-refractivity contribution < 1.29 is 9.53 Å². The first-order chi connectivity index (χ1) is 8.74. The largest absolute Gasteiger partial charge is 0.376 e. The van der Waals surface area contributed by atoms with Crippen LogP contribution in [0.1, 0.15) is 44.9 Å². The first kappa shape index (κ1) is 14.2. The average molecular weight is 271 g/mol. The third-order valence-electron chi connectivity index (χ3n) is 4.39. The minimum absolute atomic E-state index is 0.101. The van der Waals surface area contributed by atoms with Gasteiger partial charge in [0.1, 0.15) is 0 Å². The Morgan fingerprint density at radius 1 is 1.33 bits per heavy atom. The summed E-state index contributed by atoms with van der Waals surface area (Å²) in [7, 11) is 1.78. The highest BCUT2D eigenvalue weighted by atomic mass is 32.2. The molecule has 2 aliphatic rings. The number of hydrogen-bond donors (Lipinski definition) is 1. The van der Waals surface area contributed by atoms with Gasteiger partial charge >= 0.3 is 0 Å². The number of nitrogens with one attached hydrogen (secondary N) is 1. The van der Waals surface area contributed by atoms with Crippen molar-refractivity contribution in [3.8, 4) is 0 Å². The number of hydrogen-bond acceptors (Lipinski definition) is 3. The first-order valence-electron chi connectivity index (χ1n) is 7.14. The molecule has 1 heterocycles. The Labute approximate surface area is 114 Å². The van der Waals surface area contributed by atoms with Gasteiger partial charge in [-0.05, 0) is 43.1 Å². The molecule has 0 radical (unpaired) electrons. The number of amides is 1. The molecular weight excluding hydrogens is 246 g/mol. The highest BCUT2D eigenvalue weighted by Crippen LogP contribution is 2.30. The second-order valence-electron chi connectivity index (χ2n) is 5.63. The van der Waals surface area contributed by atoms with Crippen molar-refractivity contribution in [3.63, 3.8) is 0 Å². The van der Waals surface area contributed by atoms with Crippen molar-refractivity contribution in [2.45, 2.75) is 50.5 Å². The summed E-state index contributed by atoms with van der Waals surface area (Å²) in [6.07, 6.45) is 7.90. The fraction of sp³-hybridized carbons (Fsp3) is 0.929. The van der Waals surface area contributed by atoms with Crippen LogP contribution in [0.3, 0.4) is 0 Å². The summed E-state index contributed by atoms with van der Waals surface area (Å²) < 4.78 is 5.67. The van der Waals surface area contributed by atoms with Crippen LogP contribution in [0.25, 0.3) is 0 Å². The van der Waals surface area contributed by atoms with Gasteiger partial charge in [-0.1, -0.05) is 12.8 Å². The molecule has 4 heteroatoms. The van der Waals surface area contributed by atoms with Crippen LogP contribution in [-0.4, -0.2) is 36.7 Å². The summed E-state index contributed by atoms with van der Waals surface area (Å²) in [6.45, 7) is 0.690. The Morgan fingerprint density at radius 3 is 2.61 bits per heavy atom. The molecule has 0 aromatic heterocycles. The maximum atomic E-state index is 11.9. The second-order valence-corrected chi connectivity index (χ2v) is 6.86. The quantitative estimate of drug-likeness (QED) is 0.835. The molecule has 1 saturated carbocycles. The second kappa shape index (κ2) is 6.80. The number of carbonyl (C=O) groups excluding carboxylic acids is 1. The number of thioether (sulfide) groups is 1. The number of ether oxygens (including phenoxy) is 1. The minimum atomic E-state index is -0.101. The molecule has 0 unspecified atom stereocenters. The van der Waals surface area contributed by atoms with Crippen molar-refractivity contribution >= 4 is 17.7 Å². The molecule has 0 aromatic rings. The van der Waals surface area contributed by atoms with Crippen molar-refractivity contribution in [3.05, 3.63) is 0 Å². The SMILES string of the molecule is COC1(CNC(=O)CC2CCCC2)CCSCC1. The van der Waals surface area contributed by atoms with Crippen LogP contribution in [0, 0.1) is 5.92 Å². The summed E-state index contributed by atoms with van der Waals surface area (Å²) >= 11 is 1.98. The highest BCUT2D eigenvalue weighted by molar-refractivity contribution is 7.99. The molecule has 2 rings (SSSR count). The molecule has 104 valence electrons. The highest BCUT2D eigenvalue weighted by Gasteiger charge is 2.32. The molecule has 1 aliphatic carbocycles. The van der Waals surface area contributed by atoms with Gasteiger partial charge in [-0.3, -0.25) is 4.79 Å². The summed E-state index contributed by atoms with van der Waals surface area (Å²) in [5, 5.41) is 3.10. The summed E-state index contributed by atoms with van der Waals surface area (Å²) in [5.41, 5.74) is -0.101. The van der Waals surface area contributed by atoms with E-state index in [-0.39, 0.29) is 11.5 Å². The smallest absolute Gasteiger partial charge is 0.220 e. The van der Waals surface area contributed by atoms with Gasteiger partial charge in [0.15, 0.2) is 0 Å². The third kappa shape index (κ3) is 3.89. The fourth-order valence-electron chi connectivity index (χ4n) is 3.00. The molecular formula is C14H25NO2S. The van der Waals surface area contributed by atoms with Crippen molar-refractivity contribution in [2.75, 3.05) is 25.2 Å². The Bertz CT molecular complexity index is 271. The lowest BCUT2D eigenvalue weighted by Crippen LogP contribution is -2.47. The summed E-state index contributed by atoms with van der Waals surface area (Å²) in [4.78, 5) is 11.9. The normalized spacial score (nSPS) is 24.1. The maximum Gasteiger partial charge on any atom is 0.220 e. The van der Waals surface area contributed by atoms with Crippen LogP contribution in [-0.2, 0) is 9.53 Å². The van der Waals surface area contributed by atoms with Crippen LogP contribution in [0.15, 0.2) is 0 Å². The maximum absolute atomic E-state index is 11.9. The standard InChI is InChI=1S/C14H25NO2S/c1-17-14(6-8-18-9-7-14)11-15-13(16)10-12-4-2-3-5-12/h12H,2-11H2,1H3,(H,15,16). The molecule has 0 aromatic carbocycles. The van der Waals surface area contributed by atoms with E-state index in [0.29, 0.717) is 18.9 Å². The monoisotopic (exact) mass is 271 g/mol. The Kier molecular flexibility index (Phi) is 5.37. The van der Waals surface area contributed by atoms with Gasteiger partial charge in [0, 0.05) is 20.1 Å². The van der Waals surface area contributed by atoms with Crippen molar-refractivity contribution in [1.82, 2.24) is 5.32 Å². The van der Waals surface area contributed by atoms with E-state index in [2.05, 4.69) is 5.32 Å². The molecule has 0 atom stereocenters. The van der Waals surface area contributed by atoms with Gasteiger partial charge < -0.3 is 10.1 Å². The summed E-state index contributed by atoms with van der Waals surface area (Å²) in [5.74, 6) is 3.14. The first-order valence-corrected chi connectivity index (χ1v) is 8.29.